The maximum absolute atomic E-state index is 12.0. The maximum Gasteiger partial charge on any atom is 0.338 e. The maximum atomic E-state index is 12.0. The van der Waals surface area contributed by atoms with Gasteiger partial charge in [0.25, 0.3) is 0 Å². The highest BCUT2D eigenvalue weighted by Gasteiger charge is 2.44. The van der Waals surface area contributed by atoms with Gasteiger partial charge in [-0.15, -0.1) is 0 Å². The lowest BCUT2D eigenvalue weighted by atomic mass is 10.2. The lowest BCUT2D eigenvalue weighted by Gasteiger charge is -2.19. The summed E-state index contributed by atoms with van der Waals surface area (Å²) in [4.78, 5) is 38.3. The van der Waals surface area contributed by atoms with Crippen molar-refractivity contribution >= 4 is 29.4 Å². The van der Waals surface area contributed by atoms with Crippen LogP contribution < -0.4 is 4.90 Å². The van der Waals surface area contributed by atoms with E-state index in [1.54, 1.807) is 13.0 Å². The first-order valence-corrected chi connectivity index (χ1v) is 7.05. The topological polar surface area (TPSA) is 62.1 Å². The molecule has 1 N–H and O–H groups in total. The van der Waals surface area contributed by atoms with Crippen LogP contribution in [0.4, 0.5) is 4.79 Å². The van der Waals surface area contributed by atoms with Gasteiger partial charge in [-0.3, -0.25) is 14.5 Å². The number of benzene rings is 1. The normalized spacial score (nSPS) is 16.8. The number of rotatable bonds is 5. The molecule has 1 aromatic rings. The van der Waals surface area contributed by atoms with Crippen LogP contribution in [0, 0.1) is 0 Å². The summed E-state index contributed by atoms with van der Waals surface area (Å²) in [6, 6.07) is 6.85. The zero-order chi connectivity index (χ0) is 15.6. The fourth-order valence-corrected chi connectivity index (χ4v) is 2.50. The molecule has 4 amide bonds. The Morgan fingerprint density at radius 3 is 2.38 bits per heavy atom. The Bertz CT molecular complexity index is 591. The Morgan fingerprint density at radius 2 is 1.81 bits per heavy atom. The molecule has 0 spiro atoms. The number of quaternary nitrogens is 1. The first kappa shape index (κ1) is 15.5. The SMILES string of the molecule is CCN1C(=O)C(=O)N(C[NH+](C)Cc2cccc(Cl)c2)C1=O. The van der Waals surface area contributed by atoms with Gasteiger partial charge in [0.2, 0.25) is 0 Å². The standard InChI is InChI=1S/C14H16ClN3O3/c1-3-17-12(19)13(20)18(14(17)21)9-16(2)8-10-5-4-6-11(15)7-10/h4-7H,3,8-9H2,1-2H3/p+1. The van der Waals surface area contributed by atoms with Gasteiger partial charge in [-0.2, -0.15) is 0 Å². The van der Waals surface area contributed by atoms with Gasteiger partial charge in [-0.1, -0.05) is 23.7 Å². The van der Waals surface area contributed by atoms with Gasteiger partial charge in [-0.25, -0.2) is 9.69 Å². The quantitative estimate of drug-likeness (QED) is 0.621. The summed E-state index contributed by atoms with van der Waals surface area (Å²) in [7, 11) is 1.85. The Morgan fingerprint density at radius 1 is 1.14 bits per heavy atom. The van der Waals surface area contributed by atoms with Crippen molar-refractivity contribution in [3.8, 4) is 0 Å². The Labute approximate surface area is 127 Å². The van der Waals surface area contributed by atoms with E-state index < -0.39 is 17.8 Å². The smallest absolute Gasteiger partial charge is 0.316 e. The predicted molar refractivity (Wildman–Crippen MR) is 76.5 cm³/mol. The van der Waals surface area contributed by atoms with E-state index in [0.29, 0.717) is 11.6 Å². The summed E-state index contributed by atoms with van der Waals surface area (Å²) < 4.78 is 0. The minimum atomic E-state index is -0.757. The number of urea groups is 1. The highest BCUT2D eigenvalue weighted by atomic mass is 35.5. The van der Waals surface area contributed by atoms with Crippen LogP contribution in [0.5, 0.6) is 0 Å². The van der Waals surface area contributed by atoms with Gasteiger partial charge >= 0.3 is 17.8 Å². The first-order chi connectivity index (χ1) is 9.93. The molecule has 0 aromatic heterocycles. The second kappa shape index (κ2) is 6.24. The summed E-state index contributed by atoms with van der Waals surface area (Å²) >= 11 is 5.92. The number of halogens is 1. The lowest BCUT2D eigenvalue weighted by molar-refractivity contribution is -0.901. The van der Waals surface area contributed by atoms with Crippen molar-refractivity contribution in [2.24, 2.45) is 0 Å². The van der Waals surface area contributed by atoms with E-state index in [-0.39, 0.29) is 13.2 Å². The van der Waals surface area contributed by atoms with E-state index in [4.69, 9.17) is 11.6 Å². The molecular formula is C14H17ClN3O3+. The molecule has 1 aliphatic rings. The van der Waals surface area contributed by atoms with Crippen molar-refractivity contribution in [2.45, 2.75) is 13.5 Å². The molecule has 1 fully saturated rings. The fraction of sp³-hybridized carbons (Fsp3) is 0.357. The van der Waals surface area contributed by atoms with Gasteiger partial charge in [0.15, 0.2) is 6.67 Å². The molecule has 112 valence electrons. The van der Waals surface area contributed by atoms with Gasteiger partial charge in [0, 0.05) is 17.1 Å². The molecule has 1 saturated heterocycles. The highest BCUT2D eigenvalue weighted by molar-refractivity contribution is 6.44. The van der Waals surface area contributed by atoms with E-state index in [1.165, 1.54) is 0 Å². The van der Waals surface area contributed by atoms with Gasteiger partial charge in [0.05, 0.1) is 7.05 Å². The molecule has 7 heteroatoms. The van der Waals surface area contributed by atoms with E-state index in [0.717, 1.165) is 20.3 Å². The molecule has 1 heterocycles. The molecular weight excluding hydrogens is 294 g/mol. The van der Waals surface area contributed by atoms with E-state index in [2.05, 4.69) is 0 Å². The summed E-state index contributed by atoms with van der Waals surface area (Å²) in [5, 5.41) is 0.640. The third-order valence-corrected chi connectivity index (χ3v) is 3.51. The Kier molecular flexibility index (Phi) is 4.59. The molecule has 21 heavy (non-hydrogen) atoms. The van der Waals surface area contributed by atoms with Crippen LogP contribution in [-0.4, -0.2) is 47.9 Å². The number of carbonyl (C=O) groups is 3. The van der Waals surface area contributed by atoms with Crippen LogP contribution >= 0.6 is 11.6 Å². The molecule has 0 radical (unpaired) electrons. The number of likely N-dealkylation sites (N-methyl/N-ethyl adjacent to an activating group) is 1. The van der Waals surface area contributed by atoms with Crippen molar-refractivity contribution in [2.75, 3.05) is 20.3 Å². The molecule has 1 unspecified atom stereocenters. The number of amides is 4. The number of imide groups is 2. The zero-order valence-electron chi connectivity index (χ0n) is 11.9. The molecule has 1 aliphatic heterocycles. The summed E-state index contributed by atoms with van der Waals surface area (Å²) in [6.07, 6.45) is 0. The molecule has 1 atom stereocenters. The van der Waals surface area contributed by atoms with Crippen molar-refractivity contribution < 1.29 is 19.3 Å². The summed E-state index contributed by atoms with van der Waals surface area (Å²) in [6.45, 7) is 2.60. The van der Waals surface area contributed by atoms with Crippen LogP contribution in [0.15, 0.2) is 24.3 Å². The van der Waals surface area contributed by atoms with Gasteiger partial charge < -0.3 is 4.90 Å². The third kappa shape index (κ3) is 3.22. The van der Waals surface area contributed by atoms with Crippen LogP contribution in [0.3, 0.4) is 0 Å². The second-order valence-corrected chi connectivity index (χ2v) is 5.42. The van der Waals surface area contributed by atoms with Gasteiger partial charge in [0.1, 0.15) is 6.54 Å². The van der Waals surface area contributed by atoms with Crippen molar-refractivity contribution in [3.63, 3.8) is 0 Å². The molecule has 0 saturated carbocycles. The molecule has 0 bridgehead atoms. The van der Waals surface area contributed by atoms with Gasteiger partial charge in [-0.05, 0) is 19.1 Å². The largest absolute Gasteiger partial charge is 0.338 e. The Balaban J connectivity index is 2.03. The average molecular weight is 311 g/mol. The fourth-order valence-electron chi connectivity index (χ4n) is 2.29. The van der Waals surface area contributed by atoms with Crippen LogP contribution in [0.2, 0.25) is 5.02 Å². The predicted octanol–water partition coefficient (Wildman–Crippen LogP) is 0.123. The third-order valence-electron chi connectivity index (χ3n) is 3.27. The molecule has 2 rings (SSSR count). The van der Waals surface area contributed by atoms with E-state index in [1.807, 2.05) is 25.2 Å². The second-order valence-electron chi connectivity index (χ2n) is 4.99. The Hall–Kier alpha value is -1.92. The van der Waals surface area contributed by atoms with Crippen molar-refractivity contribution in [3.05, 3.63) is 34.9 Å². The van der Waals surface area contributed by atoms with Crippen molar-refractivity contribution in [1.29, 1.82) is 0 Å². The highest BCUT2D eigenvalue weighted by Crippen LogP contribution is 2.11. The van der Waals surface area contributed by atoms with Crippen molar-refractivity contribution in [1.82, 2.24) is 9.80 Å². The lowest BCUT2D eigenvalue weighted by Crippen LogP contribution is -3.09. The van der Waals surface area contributed by atoms with Crippen LogP contribution in [0.25, 0.3) is 0 Å². The number of carbonyl (C=O) groups excluding carboxylic acids is 3. The van der Waals surface area contributed by atoms with E-state index >= 15 is 0 Å². The number of hydrogen-bond donors (Lipinski definition) is 1. The van der Waals surface area contributed by atoms with Crippen LogP contribution in [0.1, 0.15) is 12.5 Å². The van der Waals surface area contributed by atoms with Crippen LogP contribution in [-0.2, 0) is 16.1 Å². The average Bonchev–Trinajstić information content (AvgIpc) is 2.62. The number of nitrogens with one attached hydrogen (secondary N) is 1. The summed E-state index contributed by atoms with van der Waals surface area (Å²) in [5.41, 5.74) is 0.998. The molecule has 0 aliphatic carbocycles. The minimum absolute atomic E-state index is 0.145. The molecule has 1 aromatic carbocycles. The molecule has 6 nitrogen and oxygen atoms in total. The minimum Gasteiger partial charge on any atom is -0.316 e. The number of nitrogens with zero attached hydrogens (tertiary/aromatic N) is 2. The van der Waals surface area contributed by atoms with E-state index in [9.17, 15) is 14.4 Å². The zero-order valence-corrected chi connectivity index (χ0v) is 12.7. The first-order valence-electron chi connectivity index (χ1n) is 6.67. The number of hydrogen-bond acceptors (Lipinski definition) is 3. The summed E-state index contributed by atoms with van der Waals surface area (Å²) in [5.74, 6) is -1.51. The monoisotopic (exact) mass is 310 g/mol.